The Morgan fingerprint density at radius 2 is 1.69 bits per heavy atom. The van der Waals surface area contributed by atoms with E-state index >= 15 is 0 Å². The van der Waals surface area contributed by atoms with Crippen LogP contribution in [-0.4, -0.2) is 35.0 Å². The molecular formula is C28H26ClN3O4. The summed E-state index contributed by atoms with van der Waals surface area (Å²) in [6.45, 7) is 1.23. The summed E-state index contributed by atoms with van der Waals surface area (Å²) in [4.78, 5) is 31.9. The van der Waals surface area contributed by atoms with Crippen LogP contribution in [0.2, 0.25) is 5.02 Å². The zero-order chi connectivity index (χ0) is 25.0. The number of ether oxygens (including phenoxy) is 1. The predicted octanol–water partition coefficient (Wildman–Crippen LogP) is 6.18. The van der Waals surface area contributed by atoms with E-state index in [1.807, 2.05) is 60.7 Å². The topological polar surface area (TPSA) is 84.7 Å². The summed E-state index contributed by atoms with van der Waals surface area (Å²) in [6, 6.07) is 24.8. The SMILES string of the molecule is O=C(CC1(c2ccccc2)CCN(C(=O)OCc2ccccc2)CC1)Nc1nc2cc(Cl)ccc2o1. The highest BCUT2D eigenvalue weighted by atomic mass is 35.5. The molecule has 1 saturated heterocycles. The molecule has 0 bridgehead atoms. The smallest absolute Gasteiger partial charge is 0.410 e. The minimum Gasteiger partial charge on any atom is -0.445 e. The number of fused-ring (bicyclic) bond motifs is 1. The van der Waals surface area contributed by atoms with E-state index < -0.39 is 5.41 Å². The first-order chi connectivity index (χ1) is 17.5. The van der Waals surface area contributed by atoms with Gasteiger partial charge < -0.3 is 14.1 Å². The molecule has 2 amide bonds. The summed E-state index contributed by atoms with van der Waals surface area (Å²) in [7, 11) is 0. The molecule has 1 aliphatic heterocycles. The van der Waals surface area contributed by atoms with Crippen LogP contribution in [-0.2, 0) is 21.6 Å². The third-order valence-corrected chi connectivity index (χ3v) is 6.90. The van der Waals surface area contributed by atoms with Crippen LogP contribution in [0, 0.1) is 0 Å². The summed E-state index contributed by atoms with van der Waals surface area (Å²) >= 11 is 6.03. The maximum atomic E-state index is 13.1. The second-order valence-electron chi connectivity index (χ2n) is 9.03. The number of nitrogens with one attached hydrogen (secondary N) is 1. The van der Waals surface area contributed by atoms with Gasteiger partial charge in [-0.15, -0.1) is 0 Å². The first-order valence-corrected chi connectivity index (χ1v) is 12.3. The van der Waals surface area contributed by atoms with Crippen molar-refractivity contribution in [1.82, 2.24) is 9.88 Å². The number of carbonyl (C=O) groups excluding carboxylic acids is 2. The van der Waals surface area contributed by atoms with Crippen molar-refractivity contribution in [3.05, 3.63) is 95.0 Å². The van der Waals surface area contributed by atoms with Crippen LogP contribution in [0.1, 0.15) is 30.4 Å². The molecule has 2 heterocycles. The Morgan fingerprint density at radius 3 is 2.42 bits per heavy atom. The summed E-state index contributed by atoms with van der Waals surface area (Å²) in [5.74, 6) is -0.198. The number of aromatic nitrogens is 1. The number of benzene rings is 3. The zero-order valence-electron chi connectivity index (χ0n) is 19.7. The molecule has 0 spiro atoms. The third kappa shape index (κ3) is 5.36. The van der Waals surface area contributed by atoms with Gasteiger partial charge in [-0.05, 0) is 42.2 Å². The van der Waals surface area contributed by atoms with Crippen molar-refractivity contribution >= 4 is 40.7 Å². The fourth-order valence-electron chi connectivity index (χ4n) is 4.71. The van der Waals surface area contributed by atoms with Crippen LogP contribution >= 0.6 is 11.6 Å². The summed E-state index contributed by atoms with van der Waals surface area (Å²) in [5, 5.41) is 3.35. The summed E-state index contributed by atoms with van der Waals surface area (Å²) in [5.41, 5.74) is 2.73. The molecule has 36 heavy (non-hydrogen) atoms. The van der Waals surface area contributed by atoms with E-state index in [2.05, 4.69) is 10.3 Å². The molecule has 0 radical (unpaired) electrons. The van der Waals surface area contributed by atoms with Crippen molar-refractivity contribution in [3.8, 4) is 0 Å². The zero-order valence-corrected chi connectivity index (χ0v) is 20.4. The van der Waals surface area contributed by atoms with E-state index in [1.54, 1.807) is 23.1 Å². The Balaban J connectivity index is 1.26. The fourth-order valence-corrected chi connectivity index (χ4v) is 4.88. The fraction of sp³-hybridized carbons (Fsp3) is 0.250. The van der Waals surface area contributed by atoms with Gasteiger partial charge in [0, 0.05) is 29.9 Å². The number of carbonyl (C=O) groups is 2. The Morgan fingerprint density at radius 1 is 1.00 bits per heavy atom. The van der Waals surface area contributed by atoms with E-state index in [0.29, 0.717) is 42.1 Å². The number of piperidine rings is 1. The Labute approximate surface area is 214 Å². The average Bonchev–Trinajstić information content (AvgIpc) is 3.29. The van der Waals surface area contributed by atoms with Crippen LogP contribution in [0.15, 0.2) is 83.3 Å². The quantitative estimate of drug-likeness (QED) is 0.339. The van der Waals surface area contributed by atoms with Crippen molar-refractivity contribution in [2.24, 2.45) is 0 Å². The molecule has 1 aromatic heterocycles. The van der Waals surface area contributed by atoms with Crippen molar-refractivity contribution < 1.29 is 18.7 Å². The molecule has 184 valence electrons. The maximum Gasteiger partial charge on any atom is 0.410 e. The maximum absolute atomic E-state index is 13.1. The Bertz CT molecular complexity index is 1350. The molecule has 4 aromatic rings. The standard InChI is InChI=1S/C28H26ClN3O4/c29-22-11-12-24-23(17-22)30-26(36-24)31-25(33)18-28(21-9-5-2-6-10-21)13-15-32(16-14-28)27(34)35-19-20-7-3-1-4-8-20/h1-12,17H,13-16,18-19H2,(H,30,31,33). The normalized spacial score (nSPS) is 15.0. The van der Waals surface area contributed by atoms with Crippen LogP contribution in [0.5, 0.6) is 0 Å². The molecule has 7 nitrogen and oxygen atoms in total. The van der Waals surface area contributed by atoms with Gasteiger partial charge in [-0.2, -0.15) is 4.98 Å². The minimum atomic E-state index is -0.420. The first-order valence-electron chi connectivity index (χ1n) is 11.9. The van der Waals surface area contributed by atoms with Gasteiger partial charge in [-0.25, -0.2) is 4.79 Å². The number of rotatable bonds is 6. The number of halogens is 1. The second kappa shape index (κ2) is 10.4. The molecule has 0 unspecified atom stereocenters. The Hall–Kier alpha value is -3.84. The molecule has 5 rings (SSSR count). The summed E-state index contributed by atoms with van der Waals surface area (Å²) in [6.07, 6.45) is 1.17. The van der Waals surface area contributed by atoms with Gasteiger partial charge in [0.2, 0.25) is 5.91 Å². The van der Waals surface area contributed by atoms with Gasteiger partial charge >= 0.3 is 12.1 Å². The lowest BCUT2D eigenvalue weighted by molar-refractivity contribution is -0.118. The first kappa shape index (κ1) is 23.9. The molecular weight excluding hydrogens is 478 g/mol. The molecule has 0 aliphatic carbocycles. The third-order valence-electron chi connectivity index (χ3n) is 6.66. The molecule has 0 saturated carbocycles. The molecule has 3 aromatic carbocycles. The van der Waals surface area contributed by atoms with E-state index in [0.717, 1.165) is 11.1 Å². The van der Waals surface area contributed by atoms with Crippen molar-refractivity contribution in [3.63, 3.8) is 0 Å². The second-order valence-corrected chi connectivity index (χ2v) is 9.47. The number of oxazole rings is 1. The number of hydrogen-bond acceptors (Lipinski definition) is 5. The predicted molar refractivity (Wildman–Crippen MR) is 138 cm³/mol. The van der Waals surface area contributed by atoms with Gasteiger partial charge in [-0.1, -0.05) is 72.3 Å². The Kier molecular flexibility index (Phi) is 6.91. The lowest BCUT2D eigenvalue weighted by Crippen LogP contribution is -2.46. The van der Waals surface area contributed by atoms with E-state index in [4.69, 9.17) is 20.8 Å². The molecule has 0 atom stereocenters. The van der Waals surface area contributed by atoms with Crippen LogP contribution < -0.4 is 5.32 Å². The minimum absolute atomic E-state index is 0.141. The van der Waals surface area contributed by atoms with E-state index in [9.17, 15) is 9.59 Å². The highest BCUT2D eigenvalue weighted by Crippen LogP contribution is 2.39. The van der Waals surface area contributed by atoms with Crippen LogP contribution in [0.25, 0.3) is 11.1 Å². The number of hydrogen-bond donors (Lipinski definition) is 1. The number of nitrogens with zero attached hydrogens (tertiary/aromatic N) is 2. The lowest BCUT2D eigenvalue weighted by atomic mass is 9.70. The molecule has 1 N–H and O–H groups in total. The van der Waals surface area contributed by atoms with E-state index in [-0.39, 0.29) is 31.0 Å². The van der Waals surface area contributed by atoms with Gasteiger partial charge in [0.05, 0.1) is 0 Å². The molecule has 8 heteroatoms. The largest absolute Gasteiger partial charge is 0.445 e. The van der Waals surface area contributed by atoms with Gasteiger partial charge in [0.1, 0.15) is 12.1 Å². The number of amides is 2. The van der Waals surface area contributed by atoms with E-state index in [1.165, 1.54) is 0 Å². The highest BCUT2D eigenvalue weighted by Gasteiger charge is 2.39. The molecule has 1 aliphatic rings. The highest BCUT2D eigenvalue weighted by molar-refractivity contribution is 6.31. The van der Waals surface area contributed by atoms with Crippen LogP contribution in [0.3, 0.4) is 0 Å². The molecule has 1 fully saturated rings. The van der Waals surface area contributed by atoms with Gasteiger partial charge in [-0.3, -0.25) is 10.1 Å². The van der Waals surface area contributed by atoms with Gasteiger partial charge in [0.25, 0.3) is 0 Å². The average molecular weight is 504 g/mol. The van der Waals surface area contributed by atoms with Crippen molar-refractivity contribution in [2.75, 3.05) is 18.4 Å². The lowest BCUT2D eigenvalue weighted by Gasteiger charge is -2.41. The van der Waals surface area contributed by atoms with Gasteiger partial charge in [0.15, 0.2) is 5.58 Å². The van der Waals surface area contributed by atoms with Crippen molar-refractivity contribution in [2.45, 2.75) is 31.3 Å². The summed E-state index contributed by atoms with van der Waals surface area (Å²) < 4.78 is 11.2. The monoisotopic (exact) mass is 503 g/mol. The van der Waals surface area contributed by atoms with Crippen molar-refractivity contribution in [1.29, 1.82) is 0 Å². The number of likely N-dealkylation sites (tertiary alicyclic amines) is 1. The van der Waals surface area contributed by atoms with Crippen LogP contribution in [0.4, 0.5) is 10.8 Å². The number of anilines is 1.